The van der Waals surface area contributed by atoms with E-state index in [4.69, 9.17) is 0 Å². The van der Waals surface area contributed by atoms with Crippen LogP contribution in [0.1, 0.15) is 38.2 Å². The highest BCUT2D eigenvalue weighted by Gasteiger charge is 2.19. The Morgan fingerprint density at radius 3 is 2.32 bits per heavy atom. The average molecular weight is 305 g/mol. The fourth-order valence-electron chi connectivity index (χ4n) is 2.63. The molecule has 0 bridgehead atoms. The molecule has 22 heavy (non-hydrogen) atoms. The van der Waals surface area contributed by atoms with E-state index in [-0.39, 0.29) is 11.9 Å². The molecule has 6 heteroatoms. The third-order valence-electron chi connectivity index (χ3n) is 3.62. The van der Waals surface area contributed by atoms with Crippen LogP contribution in [-0.4, -0.2) is 59.8 Å². The Labute approximate surface area is 132 Å². The number of anilines is 1. The lowest BCUT2D eigenvalue weighted by molar-refractivity contribution is 0.0937. The number of nitrogens with zero attached hydrogens (tertiary/aromatic N) is 4. The molecule has 1 saturated heterocycles. The normalized spacial score (nSPS) is 16.4. The van der Waals surface area contributed by atoms with Gasteiger partial charge in [-0.2, -0.15) is 0 Å². The molecule has 122 valence electrons. The van der Waals surface area contributed by atoms with E-state index in [1.54, 1.807) is 6.07 Å². The summed E-state index contributed by atoms with van der Waals surface area (Å²) in [7, 11) is 0. The van der Waals surface area contributed by atoms with Crippen LogP contribution in [0.25, 0.3) is 0 Å². The SMILES string of the molecule is CC(C)CN1CCN(c2ccc(C(=O)NC(C)C)nn2)CC1. The third-order valence-corrected chi connectivity index (χ3v) is 3.62. The number of carbonyl (C=O) groups is 1. The second-order valence-corrected chi connectivity index (χ2v) is 6.59. The van der Waals surface area contributed by atoms with Gasteiger partial charge in [-0.3, -0.25) is 9.69 Å². The van der Waals surface area contributed by atoms with Gasteiger partial charge in [-0.1, -0.05) is 13.8 Å². The van der Waals surface area contributed by atoms with Crippen LogP contribution in [0.2, 0.25) is 0 Å². The summed E-state index contributed by atoms with van der Waals surface area (Å²) in [4.78, 5) is 16.6. The molecule has 2 rings (SSSR count). The third kappa shape index (κ3) is 4.66. The topological polar surface area (TPSA) is 61.4 Å². The van der Waals surface area contributed by atoms with Gasteiger partial charge in [-0.05, 0) is 31.9 Å². The first-order valence-electron chi connectivity index (χ1n) is 8.07. The summed E-state index contributed by atoms with van der Waals surface area (Å²) >= 11 is 0. The maximum atomic E-state index is 11.9. The van der Waals surface area contributed by atoms with Crippen molar-refractivity contribution in [3.63, 3.8) is 0 Å². The minimum absolute atomic E-state index is 0.100. The van der Waals surface area contributed by atoms with Gasteiger partial charge in [-0.25, -0.2) is 0 Å². The van der Waals surface area contributed by atoms with Crippen LogP contribution in [0.4, 0.5) is 5.82 Å². The van der Waals surface area contributed by atoms with Crippen LogP contribution in [0, 0.1) is 5.92 Å². The van der Waals surface area contributed by atoms with Gasteiger partial charge in [0.1, 0.15) is 0 Å². The number of nitrogens with one attached hydrogen (secondary N) is 1. The van der Waals surface area contributed by atoms with Crippen molar-refractivity contribution in [1.82, 2.24) is 20.4 Å². The maximum absolute atomic E-state index is 11.9. The summed E-state index contributed by atoms with van der Waals surface area (Å²) in [5.74, 6) is 1.38. The smallest absolute Gasteiger partial charge is 0.271 e. The molecule has 6 nitrogen and oxygen atoms in total. The van der Waals surface area contributed by atoms with Crippen LogP contribution in [0.5, 0.6) is 0 Å². The molecule has 1 amide bonds. The number of rotatable bonds is 5. The molecule has 1 aromatic heterocycles. The molecular formula is C16H27N5O. The summed E-state index contributed by atoms with van der Waals surface area (Å²) in [5.41, 5.74) is 0.371. The van der Waals surface area contributed by atoms with Gasteiger partial charge < -0.3 is 10.2 Å². The van der Waals surface area contributed by atoms with E-state index in [9.17, 15) is 4.79 Å². The van der Waals surface area contributed by atoms with E-state index in [1.165, 1.54) is 0 Å². The molecule has 1 aliphatic rings. The first-order valence-corrected chi connectivity index (χ1v) is 8.07. The lowest BCUT2D eigenvalue weighted by Crippen LogP contribution is -2.47. The number of aromatic nitrogens is 2. The van der Waals surface area contributed by atoms with Crippen molar-refractivity contribution >= 4 is 11.7 Å². The zero-order chi connectivity index (χ0) is 16.1. The van der Waals surface area contributed by atoms with Crippen molar-refractivity contribution < 1.29 is 4.79 Å². The molecule has 0 radical (unpaired) electrons. The molecule has 0 atom stereocenters. The molecule has 0 aliphatic carbocycles. The van der Waals surface area contributed by atoms with Crippen molar-refractivity contribution in [2.75, 3.05) is 37.6 Å². The van der Waals surface area contributed by atoms with Gasteiger partial charge in [0.25, 0.3) is 5.91 Å². The Morgan fingerprint density at radius 2 is 1.82 bits per heavy atom. The van der Waals surface area contributed by atoms with Gasteiger partial charge in [-0.15, -0.1) is 10.2 Å². The number of hydrogen-bond acceptors (Lipinski definition) is 5. The molecule has 1 aliphatic heterocycles. The van der Waals surface area contributed by atoms with Crippen molar-refractivity contribution in [1.29, 1.82) is 0 Å². The number of hydrogen-bond donors (Lipinski definition) is 1. The Morgan fingerprint density at radius 1 is 1.14 bits per heavy atom. The minimum atomic E-state index is -0.171. The first-order chi connectivity index (χ1) is 10.5. The number of amides is 1. The quantitative estimate of drug-likeness (QED) is 0.891. The second-order valence-electron chi connectivity index (χ2n) is 6.59. The van der Waals surface area contributed by atoms with E-state index in [0.29, 0.717) is 11.6 Å². The predicted molar refractivity (Wildman–Crippen MR) is 88.1 cm³/mol. The average Bonchev–Trinajstić information content (AvgIpc) is 2.47. The zero-order valence-electron chi connectivity index (χ0n) is 14.0. The predicted octanol–water partition coefficient (Wildman–Crippen LogP) is 1.39. The van der Waals surface area contributed by atoms with Crippen LogP contribution in [0.15, 0.2) is 12.1 Å². The van der Waals surface area contributed by atoms with Crippen molar-refractivity contribution in [2.45, 2.75) is 33.7 Å². The van der Waals surface area contributed by atoms with Gasteiger partial charge >= 0.3 is 0 Å². The fourth-order valence-corrected chi connectivity index (χ4v) is 2.63. The highest BCUT2D eigenvalue weighted by Crippen LogP contribution is 2.13. The van der Waals surface area contributed by atoms with E-state index in [0.717, 1.165) is 38.5 Å². The molecule has 0 unspecified atom stereocenters. The largest absolute Gasteiger partial charge is 0.353 e. The van der Waals surface area contributed by atoms with E-state index in [2.05, 4.69) is 39.2 Å². The van der Waals surface area contributed by atoms with Crippen molar-refractivity contribution in [3.8, 4) is 0 Å². The summed E-state index contributed by atoms with van der Waals surface area (Å²) in [5, 5.41) is 11.1. The molecule has 1 N–H and O–H groups in total. The Kier molecular flexibility index (Phi) is 5.71. The highest BCUT2D eigenvalue weighted by molar-refractivity contribution is 5.92. The van der Waals surface area contributed by atoms with Gasteiger partial charge in [0.2, 0.25) is 0 Å². The molecule has 0 saturated carbocycles. The molecule has 0 spiro atoms. The van der Waals surface area contributed by atoms with Crippen LogP contribution in [0.3, 0.4) is 0 Å². The molecular weight excluding hydrogens is 278 g/mol. The van der Waals surface area contributed by atoms with Crippen molar-refractivity contribution in [3.05, 3.63) is 17.8 Å². The fraction of sp³-hybridized carbons (Fsp3) is 0.688. The van der Waals surface area contributed by atoms with Crippen LogP contribution >= 0.6 is 0 Å². The monoisotopic (exact) mass is 305 g/mol. The summed E-state index contributed by atoms with van der Waals surface area (Å²) in [6, 6.07) is 3.74. The highest BCUT2D eigenvalue weighted by atomic mass is 16.2. The minimum Gasteiger partial charge on any atom is -0.353 e. The standard InChI is InChI=1S/C16H27N5O/c1-12(2)11-20-7-9-21(10-8-20)15-6-5-14(18-19-15)16(22)17-13(3)4/h5-6,12-13H,7-11H2,1-4H3,(H,17,22). The second kappa shape index (κ2) is 7.54. The van der Waals surface area contributed by atoms with Gasteiger partial charge in [0.15, 0.2) is 11.5 Å². The van der Waals surface area contributed by atoms with E-state index in [1.807, 2.05) is 19.9 Å². The molecule has 1 aromatic rings. The molecule has 2 heterocycles. The van der Waals surface area contributed by atoms with Gasteiger partial charge in [0.05, 0.1) is 0 Å². The Bertz CT molecular complexity index is 478. The van der Waals surface area contributed by atoms with Gasteiger partial charge in [0, 0.05) is 38.8 Å². The molecule has 0 aromatic carbocycles. The maximum Gasteiger partial charge on any atom is 0.271 e. The van der Waals surface area contributed by atoms with Crippen molar-refractivity contribution in [2.24, 2.45) is 5.92 Å². The lowest BCUT2D eigenvalue weighted by atomic mass is 10.2. The number of piperazine rings is 1. The van der Waals surface area contributed by atoms with E-state index >= 15 is 0 Å². The van der Waals surface area contributed by atoms with Crippen LogP contribution < -0.4 is 10.2 Å². The van der Waals surface area contributed by atoms with E-state index < -0.39 is 0 Å². The first kappa shape index (κ1) is 16.7. The summed E-state index contributed by atoms with van der Waals surface area (Å²) in [6.07, 6.45) is 0. The number of carbonyl (C=O) groups excluding carboxylic acids is 1. The zero-order valence-corrected chi connectivity index (χ0v) is 14.0. The molecule has 1 fully saturated rings. The Hall–Kier alpha value is -1.69. The Balaban J connectivity index is 1.90. The summed E-state index contributed by atoms with van der Waals surface area (Å²) in [6.45, 7) is 13.5. The lowest BCUT2D eigenvalue weighted by Gasteiger charge is -2.35. The van der Waals surface area contributed by atoms with Crippen LogP contribution in [-0.2, 0) is 0 Å². The summed E-state index contributed by atoms with van der Waals surface area (Å²) < 4.78 is 0.